The van der Waals surface area contributed by atoms with Crippen LogP contribution in [0.5, 0.6) is 0 Å². The largest absolute Gasteiger partial charge is 0.395 e. The van der Waals surface area contributed by atoms with E-state index < -0.39 is 0 Å². The highest BCUT2D eigenvalue weighted by Gasteiger charge is 2.16. The molecule has 9 heteroatoms. The second kappa shape index (κ2) is 6.84. The van der Waals surface area contributed by atoms with Gasteiger partial charge in [-0.2, -0.15) is 9.97 Å². The lowest BCUT2D eigenvalue weighted by atomic mass is 10.3. The number of imidazole rings is 2. The lowest BCUT2D eigenvalue weighted by molar-refractivity contribution is 0.311. The Hall–Kier alpha value is -3.20. The number of aryl methyl sites for hydroxylation is 1. The summed E-state index contributed by atoms with van der Waals surface area (Å²) in [6.07, 6.45) is 1.76. The molecule has 0 aliphatic carbocycles. The smallest absolute Gasteiger partial charge is 0.233 e. The molecule has 0 saturated carbocycles. The van der Waals surface area contributed by atoms with E-state index in [0.717, 1.165) is 16.7 Å². The standard InChI is InChI=1S/C18H22N8O/c1-11(2)26-10-20-14-15(19-8-9-27)22-17(23-16(14)26)24-18-21-12-6-4-5-7-13(12)25(18)3/h4-7,10-11,27H,8-9H2,1-3H3,(H2,19,21,22,23,24). The fourth-order valence-corrected chi connectivity index (χ4v) is 3.01. The summed E-state index contributed by atoms with van der Waals surface area (Å²) >= 11 is 0. The Balaban J connectivity index is 1.80. The zero-order chi connectivity index (χ0) is 19.0. The molecule has 27 heavy (non-hydrogen) atoms. The van der Waals surface area contributed by atoms with Crippen molar-refractivity contribution < 1.29 is 5.11 Å². The van der Waals surface area contributed by atoms with Gasteiger partial charge >= 0.3 is 0 Å². The molecule has 3 N–H and O–H groups in total. The van der Waals surface area contributed by atoms with Crippen LogP contribution in [0, 0.1) is 0 Å². The Labute approximate surface area is 156 Å². The van der Waals surface area contributed by atoms with Gasteiger partial charge in [-0.25, -0.2) is 9.97 Å². The molecule has 3 aromatic heterocycles. The quantitative estimate of drug-likeness (QED) is 0.481. The van der Waals surface area contributed by atoms with Gasteiger partial charge in [-0.1, -0.05) is 12.1 Å². The minimum atomic E-state index is 0.00387. The molecule has 0 amide bonds. The number of rotatable bonds is 6. The number of nitrogens with zero attached hydrogens (tertiary/aromatic N) is 6. The molecule has 3 heterocycles. The first-order chi connectivity index (χ1) is 13.1. The molecule has 4 aromatic rings. The molecule has 0 radical (unpaired) electrons. The predicted molar refractivity (Wildman–Crippen MR) is 105 cm³/mol. The van der Waals surface area contributed by atoms with Crippen LogP contribution in [-0.4, -0.2) is 47.3 Å². The minimum Gasteiger partial charge on any atom is -0.395 e. The summed E-state index contributed by atoms with van der Waals surface area (Å²) in [4.78, 5) is 18.3. The number of nitrogens with one attached hydrogen (secondary N) is 2. The molecule has 0 atom stereocenters. The van der Waals surface area contributed by atoms with Crippen LogP contribution in [0.3, 0.4) is 0 Å². The van der Waals surface area contributed by atoms with E-state index in [0.29, 0.717) is 29.8 Å². The van der Waals surface area contributed by atoms with E-state index in [-0.39, 0.29) is 12.6 Å². The third-order valence-electron chi connectivity index (χ3n) is 4.39. The highest BCUT2D eigenvalue weighted by atomic mass is 16.3. The minimum absolute atomic E-state index is 0.00387. The van der Waals surface area contributed by atoms with Crippen molar-refractivity contribution in [1.29, 1.82) is 0 Å². The zero-order valence-corrected chi connectivity index (χ0v) is 15.5. The van der Waals surface area contributed by atoms with E-state index in [4.69, 9.17) is 5.11 Å². The summed E-state index contributed by atoms with van der Waals surface area (Å²) in [6.45, 7) is 4.53. The molecule has 140 valence electrons. The van der Waals surface area contributed by atoms with E-state index in [1.165, 1.54) is 0 Å². The predicted octanol–water partition coefficient (Wildman–Crippen LogP) is 2.44. The number of benzene rings is 1. The van der Waals surface area contributed by atoms with Gasteiger partial charge in [0.1, 0.15) is 0 Å². The second-order valence-electron chi connectivity index (χ2n) is 6.57. The zero-order valence-electron chi connectivity index (χ0n) is 15.5. The van der Waals surface area contributed by atoms with Gasteiger partial charge in [0.25, 0.3) is 0 Å². The second-order valence-corrected chi connectivity index (χ2v) is 6.57. The van der Waals surface area contributed by atoms with Crippen LogP contribution in [0.4, 0.5) is 17.7 Å². The van der Waals surface area contributed by atoms with Gasteiger partial charge in [0.15, 0.2) is 17.0 Å². The average Bonchev–Trinajstić information content (AvgIpc) is 3.22. The van der Waals surface area contributed by atoms with Crippen LogP contribution in [0.25, 0.3) is 22.2 Å². The van der Waals surface area contributed by atoms with Crippen LogP contribution in [0.1, 0.15) is 19.9 Å². The van der Waals surface area contributed by atoms with Gasteiger partial charge in [-0.05, 0) is 26.0 Å². The SMILES string of the molecule is CC(C)n1cnc2c(NCCO)nc(Nc3nc4ccccc4n3C)nc21. The maximum atomic E-state index is 9.15. The molecule has 0 aliphatic rings. The van der Waals surface area contributed by atoms with Gasteiger partial charge < -0.3 is 19.6 Å². The normalized spacial score (nSPS) is 11.6. The van der Waals surface area contributed by atoms with Gasteiger partial charge in [0.05, 0.1) is 24.0 Å². The Morgan fingerprint density at radius 1 is 1.15 bits per heavy atom. The molecule has 0 unspecified atom stereocenters. The molecule has 0 aliphatic heterocycles. The van der Waals surface area contributed by atoms with E-state index in [9.17, 15) is 0 Å². The number of aliphatic hydroxyl groups excluding tert-OH is 1. The van der Waals surface area contributed by atoms with Crippen molar-refractivity contribution in [3.8, 4) is 0 Å². The summed E-state index contributed by atoms with van der Waals surface area (Å²) in [5.74, 6) is 1.65. The number of para-hydroxylation sites is 2. The topological polar surface area (TPSA) is 106 Å². The molecular formula is C18H22N8O. The van der Waals surface area contributed by atoms with Gasteiger partial charge in [0, 0.05) is 19.6 Å². The number of fused-ring (bicyclic) bond motifs is 2. The molecular weight excluding hydrogens is 344 g/mol. The van der Waals surface area contributed by atoms with E-state index in [2.05, 4.69) is 44.4 Å². The molecule has 0 spiro atoms. The monoisotopic (exact) mass is 366 g/mol. The van der Waals surface area contributed by atoms with Crippen molar-refractivity contribution in [1.82, 2.24) is 29.1 Å². The van der Waals surface area contributed by atoms with E-state index in [1.807, 2.05) is 40.4 Å². The molecule has 0 saturated heterocycles. The van der Waals surface area contributed by atoms with Crippen molar-refractivity contribution >= 4 is 39.9 Å². The summed E-state index contributed by atoms with van der Waals surface area (Å²) in [6, 6.07) is 8.12. The molecule has 1 aromatic carbocycles. The van der Waals surface area contributed by atoms with Gasteiger partial charge in [0.2, 0.25) is 11.9 Å². The van der Waals surface area contributed by atoms with Crippen molar-refractivity contribution in [3.63, 3.8) is 0 Å². The van der Waals surface area contributed by atoms with Crippen molar-refractivity contribution in [2.45, 2.75) is 19.9 Å². The van der Waals surface area contributed by atoms with Crippen LogP contribution in [0.2, 0.25) is 0 Å². The number of anilines is 3. The molecule has 0 fully saturated rings. The molecule has 0 bridgehead atoms. The number of aliphatic hydroxyl groups is 1. The number of hydrogen-bond acceptors (Lipinski definition) is 7. The fraction of sp³-hybridized carbons (Fsp3) is 0.333. The fourth-order valence-electron chi connectivity index (χ4n) is 3.01. The summed E-state index contributed by atoms with van der Waals surface area (Å²) in [7, 11) is 1.94. The van der Waals surface area contributed by atoms with Crippen LogP contribution < -0.4 is 10.6 Å². The number of hydrogen-bond donors (Lipinski definition) is 3. The van der Waals surface area contributed by atoms with Crippen molar-refractivity contribution in [2.75, 3.05) is 23.8 Å². The summed E-state index contributed by atoms with van der Waals surface area (Å²) in [5, 5.41) is 15.5. The lowest BCUT2D eigenvalue weighted by Gasteiger charge is -2.11. The van der Waals surface area contributed by atoms with Gasteiger partial charge in [-0.15, -0.1) is 0 Å². The van der Waals surface area contributed by atoms with E-state index >= 15 is 0 Å². The van der Waals surface area contributed by atoms with Crippen molar-refractivity contribution in [2.24, 2.45) is 7.05 Å². The molecule has 4 rings (SSSR count). The van der Waals surface area contributed by atoms with Crippen LogP contribution in [0.15, 0.2) is 30.6 Å². The Kier molecular flexibility index (Phi) is 4.36. The van der Waals surface area contributed by atoms with Crippen molar-refractivity contribution in [3.05, 3.63) is 30.6 Å². The van der Waals surface area contributed by atoms with E-state index in [1.54, 1.807) is 6.33 Å². The average molecular weight is 366 g/mol. The lowest BCUT2D eigenvalue weighted by Crippen LogP contribution is -2.11. The van der Waals surface area contributed by atoms with Crippen LogP contribution in [-0.2, 0) is 7.05 Å². The Bertz CT molecular complexity index is 1100. The highest BCUT2D eigenvalue weighted by molar-refractivity contribution is 5.85. The first kappa shape index (κ1) is 17.2. The maximum absolute atomic E-state index is 9.15. The molecule has 9 nitrogen and oxygen atoms in total. The Morgan fingerprint density at radius 2 is 1.96 bits per heavy atom. The summed E-state index contributed by atoms with van der Waals surface area (Å²) < 4.78 is 3.95. The van der Waals surface area contributed by atoms with Crippen LogP contribution >= 0.6 is 0 Å². The number of aromatic nitrogens is 6. The maximum Gasteiger partial charge on any atom is 0.233 e. The van der Waals surface area contributed by atoms with Gasteiger partial charge in [-0.3, -0.25) is 5.32 Å². The highest BCUT2D eigenvalue weighted by Crippen LogP contribution is 2.25. The third-order valence-corrected chi connectivity index (χ3v) is 4.39. The Morgan fingerprint density at radius 3 is 2.70 bits per heavy atom. The third kappa shape index (κ3) is 3.06. The summed E-state index contributed by atoms with van der Waals surface area (Å²) in [5.41, 5.74) is 3.32. The first-order valence-electron chi connectivity index (χ1n) is 8.86. The first-order valence-corrected chi connectivity index (χ1v) is 8.86.